The third-order valence-corrected chi connectivity index (χ3v) is 3.82. The lowest BCUT2D eigenvalue weighted by atomic mass is 9.97. The van der Waals surface area contributed by atoms with Crippen LogP contribution in [0, 0.1) is 0 Å². The average molecular weight is 188 g/mol. The zero-order valence-electron chi connectivity index (χ0n) is 6.99. The fourth-order valence-corrected chi connectivity index (χ4v) is 3.04. The largest absolute Gasteiger partial charge is 0.325 e. The van der Waals surface area contributed by atoms with E-state index < -0.39 is 0 Å². The molecule has 70 valence electrons. The Morgan fingerprint density at radius 2 is 2.00 bits per heavy atom. The van der Waals surface area contributed by atoms with Gasteiger partial charge in [0.05, 0.1) is 5.37 Å². The number of hydrogen-bond donors (Lipinski definition) is 4. The first-order valence-electron chi connectivity index (χ1n) is 4.38. The van der Waals surface area contributed by atoms with E-state index in [1.54, 1.807) is 0 Å². The van der Waals surface area contributed by atoms with Crippen molar-refractivity contribution in [3.63, 3.8) is 0 Å². The zero-order valence-corrected chi connectivity index (χ0v) is 7.81. The van der Waals surface area contributed by atoms with Gasteiger partial charge in [0.15, 0.2) is 0 Å². The molecular formula is C7H16N4S. The Morgan fingerprint density at radius 3 is 2.50 bits per heavy atom. The Hall–Kier alpha value is 0.190. The molecule has 0 saturated carbocycles. The van der Waals surface area contributed by atoms with Gasteiger partial charge in [-0.1, -0.05) is 0 Å². The number of hydrogen-bond acceptors (Lipinski definition) is 5. The number of nitrogens with one attached hydrogen (secondary N) is 2. The van der Waals surface area contributed by atoms with Gasteiger partial charge in [-0.05, 0) is 0 Å². The van der Waals surface area contributed by atoms with E-state index in [0.717, 1.165) is 19.6 Å². The zero-order chi connectivity index (χ0) is 8.55. The van der Waals surface area contributed by atoms with E-state index in [9.17, 15) is 0 Å². The van der Waals surface area contributed by atoms with Crippen LogP contribution in [0.15, 0.2) is 0 Å². The van der Waals surface area contributed by atoms with E-state index in [1.165, 1.54) is 0 Å². The quantitative estimate of drug-likeness (QED) is 0.394. The molecule has 0 spiro atoms. The smallest absolute Gasteiger partial charge is 0.0637 e. The van der Waals surface area contributed by atoms with Gasteiger partial charge in [-0.25, -0.2) is 0 Å². The molecule has 0 aromatic carbocycles. The summed E-state index contributed by atoms with van der Waals surface area (Å²) >= 11 is 1.85. The highest BCUT2D eigenvalue weighted by atomic mass is 32.2. The molecule has 2 fully saturated rings. The van der Waals surface area contributed by atoms with Crippen molar-refractivity contribution in [3.05, 3.63) is 0 Å². The maximum absolute atomic E-state index is 5.85. The van der Waals surface area contributed by atoms with Gasteiger partial charge in [-0.2, -0.15) is 0 Å². The fourth-order valence-electron chi connectivity index (χ4n) is 1.70. The summed E-state index contributed by atoms with van der Waals surface area (Å²) in [6, 6.07) is 0.795. The summed E-state index contributed by atoms with van der Waals surface area (Å²) in [4.78, 5) is 0. The third-order valence-electron chi connectivity index (χ3n) is 2.49. The first kappa shape index (κ1) is 8.77. The molecule has 6 N–H and O–H groups in total. The molecule has 2 aliphatic rings. The summed E-state index contributed by atoms with van der Waals surface area (Å²) in [5.41, 5.74) is 11.7. The Kier molecular flexibility index (Phi) is 2.57. The second-order valence-electron chi connectivity index (χ2n) is 3.47. The molecule has 4 atom stereocenters. The van der Waals surface area contributed by atoms with Crippen LogP contribution in [0.3, 0.4) is 0 Å². The molecule has 4 unspecified atom stereocenters. The summed E-state index contributed by atoms with van der Waals surface area (Å²) in [7, 11) is 0. The Balaban J connectivity index is 1.86. The Labute approximate surface area is 76.8 Å². The van der Waals surface area contributed by atoms with Crippen molar-refractivity contribution in [1.82, 2.24) is 10.6 Å². The SMILES string of the molecule is NC1CNCC(C2NCC2N)S1. The molecule has 2 aliphatic heterocycles. The lowest BCUT2D eigenvalue weighted by Crippen LogP contribution is -2.68. The van der Waals surface area contributed by atoms with Crippen LogP contribution in [0.1, 0.15) is 0 Å². The molecule has 12 heavy (non-hydrogen) atoms. The molecule has 2 saturated heterocycles. The number of rotatable bonds is 1. The summed E-state index contributed by atoms with van der Waals surface area (Å²) in [6.45, 7) is 2.91. The predicted molar refractivity (Wildman–Crippen MR) is 52.0 cm³/mol. The molecule has 5 heteroatoms. The molecule has 0 aromatic heterocycles. The molecule has 0 amide bonds. The first-order valence-corrected chi connectivity index (χ1v) is 5.32. The molecule has 0 aromatic rings. The predicted octanol–water partition coefficient (Wildman–Crippen LogP) is -1.72. The summed E-state index contributed by atoms with van der Waals surface area (Å²) < 4.78 is 0. The van der Waals surface area contributed by atoms with E-state index in [1.807, 2.05) is 11.8 Å². The topological polar surface area (TPSA) is 76.1 Å². The highest BCUT2D eigenvalue weighted by molar-refractivity contribution is 8.00. The number of thioether (sulfide) groups is 1. The molecule has 2 rings (SSSR count). The van der Waals surface area contributed by atoms with Crippen LogP contribution in [-0.4, -0.2) is 42.3 Å². The maximum Gasteiger partial charge on any atom is 0.0637 e. The van der Waals surface area contributed by atoms with Crippen LogP contribution in [0.25, 0.3) is 0 Å². The molecule has 4 nitrogen and oxygen atoms in total. The minimum absolute atomic E-state index is 0.235. The Bertz CT molecular complexity index is 165. The normalized spacial score (nSPS) is 48.5. The van der Waals surface area contributed by atoms with Crippen LogP contribution < -0.4 is 22.1 Å². The van der Waals surface area contributed by atoms with Gasteiger partial charge in [0.25, 0.3) is 0 Å². The Morgan fingerprint density at radius 1 is 1.17 bits per heavy atom. The van der Waals surface area contributed by atoms with Crippen LogP contribution in [0.4, 0.5) is 0 Å². The minimum atomic E-state index is 0.235. The van der Waals surface area contributed by atoms with Crippen molar-refractivity contribution in [3.8, 4) is 0 Å². The van der Waals surface area contributed by atoms with Gasteiger partial charge >= 0.3 is 0 Å². The molecular weight excluding hydrogens is 172 g/mol. The van der Waals surface area contributed by atoms with E-state index >= 15 is 0 Å². The lowest BCUT2D eigenvalue weighted by Gasteiger charge is -2.43. The number of nitrogens with two attached hydrogens (primary N) is 2. The van der Waals surface area contributed by atoms with Gasteiger partial charge < -0.3 is 22.1 Å². The fraction of sp³-hybridized carbons (Fsp3) is 1.00. The summed E-state index contributed by atoms with van der Waals surface area (Å²) in [6.07, 6.45) is 0. The van der Waals surface area contributed by atoms with Gasteiger partial charge in [0, 0.05) is 37.0 Å². The highest BCUT2D eigenvalue weighted by Gasteiger charge is 2.36. The lowest BCUT2D eigenvalue weighted by molar-refractivity contribution is 0.296. The van der Waals surface area contributed by atoms with Crippen molar-refractivity contribution >= 4 is 11.8 Å². The van der Waals surface area contributed by atoms with Crippen LogP contribution >= 0.6 is 11.8 Å². The third kappa shape index (κ3) is 1.60. The summed E-state index contributed by atoms with van der Waals surface area (Å²) in [5.74, 6) is 0. The molecule has 0 bridgehead atoms. The standard InChI is InChI=1S/C7H16N4S/c8-4-1-11-7(4)5-2-10-3-6(9)12-5/h4-7,10-11H,1-3,8-9H2. The molecule has 0 aliphatic carbocycles. The molecule has 2 heterocycles. The van der Waals surface area contributed by atoms with E-state index in [-0.39, 0.29) is 5.37 Å². The summed E-state index contributed by atoms with van der Waals surface area (Å²) in [5, 5.41) is 7.44. The van der Waals surface area contributed by atoms with E-state index in [0.29, 0.717) is 17.3 Å². The first-order chi connectivity index (χ1) is 5.77. The average Bonchev–Trinajstić information content (AvgIpc) is 2.02. The van der Waals surface area contributed by atoms with Gasteiger partial charge in [-0.15, -0.1) is 11.8 Å². The highest BCUT2D eigenvalue weighted by Crippen LogP contribution is 2.24. The van der Waals surface area contributed by atoms with Gasteiger partial charge in [0.2, 0.25) is 0 Å². The van der Waals surface area contributed by atoms with Crippen LogP contribution in [0.2, 0.25) is 0 Å². The van der Waals surface area contributed by atoms with E-state index in [4.69, 9.17) is 11.5 Å². The van der Waals surface area contributed by atoms with Crippen LogP contribution in [-0.2, 0) is 0 Å². The van der Waals surface area contributed by atoms with Crippen molar-refractivity contribution < 1.29 is 0 Å². The van der Waals surface area contributed by atoms with Crippen LogP contribution in [0.5, 0.6) is 0 Å². The van der Waals surface area contributed by atoms with Gasteiger partial charge in [-0.3, -0.25) is 0 Å². The monoisotopic (exact) mass is 188 g/mol. The van der Waals surface area contributed by atoms with Crippen molar-refractivity contribution in [2.45, 2.75) is 22.7 Å². The van der Waals surface area contributed by atoms with Crippen molar-refractivity contribution in [1.29, 1.82) is 0 Å². The van der Waals surface area contributed by atoms with Crippen molar-refractivity contribution in [2.24, 2.45) is 11.5 Å². The van der Waals surface area contributed by atoms with Crippen molar-refractivity contribution in [2.75, 3.05) is 19.6 Å². The second-order valence-corrected chi connectivity index (χ2v) is 4.95. The molecule has 0 radical (unpaired) electrons. The minimum Gasteiger partial charge on any atom is -0.325 e. The second kappa shape index (κ2) is 3.51. The maximum atomic E-state index is 5.85. The van der Waals surface area contributed by atoms with E-state index in [2.05, 4.69) is 10.6 Å². The van der Waals surface area contributed by atoms with Gasteiger partial charge in [0.1, 0.15) is 0 Å².